The summed E-state index contributed by atoms with van der Waals surface area (Å²) >= 11 is 0. The number of alkyl carbamates (subject to hydrolysis) is 1. The van der Waals surface area contributed by atoms with E-state index in [1.807, 2.05) is 0 Å². The summed E-state index contributed by atoms with van der Waals surface area (Å²) in [4.78, 5) is 35.0. The molecular weight excluding hydrogens is 415 g/mol. The van der Waals surface area contributed by atoms with Crippen LogP contribution in [0.1, 0.15) is 11.1 Å². The van der Waals surface area contributed by atoms with E-state index in [2.05, 4.69) is 15.7 Å². The highest BCUT2D eigenvalue weighted by molar-refractivity contribution is 6.02. The molecule has 0 saturated carbocycles. The summed E-state index contributed by atoms with van der Waals surface area (Å²) in [6, 6.07) is 12.9. The van der Waals surface area contributed by atoms with Crippen molar-refractivity contribution in [2.45, 2.75) is 12.5 Å². The van der Waals surface area contributed by atoms with Crippen LogP contribution in [0.5, 0.6) is 0 Å². The molecule has 9 heteroatoms. The summed E-state index contributed by atoms with van der Waals surface area (Å²) in [6.07, 6.45) is 3.32. The van der Waals surface area contributed by atoms with Crippen LogP contribution in [0.25, 0.3) is 17.3 Å². The van der Waals surface area contributed by atoms with Crippen LogP contribution in [0.3, 0.4) is 0 Å². The molecule has 0 bridgehead atoms. The van der Waals surface area contributed by atoms with Gasteiger partial charge in [0, 0.05) is 36.4 Å². The monoisotopic (exact) mass is 434 g/mol. The molecule has 2 N–H and O–H groups in total. The van der Waals surface area contributed by atoms with Crippen molar-refractivity contribution < 1.29 is 23.5 Å². The van der Waals surface area contributed by atoms with Gasteiger partial charge in [0.25, 0.3) is 5.91 Å². The summed E-state index contributed by atoms with van der Waals surface area (Å²) in [5.74, 6) is -1.13. The number of halogens is 1. The molecule has 0 spiro atoms. The van der Waals surface area contributed by atoms with Crippen molar-refractivity contribution in [2.75, 3.05) is 5.32 Å². The zero-order chi connectivity index (χ0) is 22.7. The van der Waals surface area contributed by atoms with Crippen molar-refractivity contribution in [2.24, 2.45) is 7.05 Å². The first-order valence-electron chi connectivity index (χ1n) is 9.76. The second-order valence-electron chi connectivity index (χ2n) is 7.19. The SMILES string of the molecule is Cn1ncc(/C=C/C(=O)Nc2ccc(CC3OC(=O)NC3=O)cc2)c1-c1ccc(F)cc1. The van der Waals surface area contributed by atoms with Crippen LogP contribution in [0.15, 0.2) is 60.8 Å². The number of hydrogen-bond donors (Lipinski definition) is 2. The van der Waals surface area contributed by atoms with Gasteiger partial charge in [-0.15, -0.1) is 0 Å². The fraction of sp³-hybridized carbons (Fsp3) is 0.130. The summed E-state index contributed by atoms with van der Waals surface area (Å²) in [7, 11) is 1.77. The van der Waals surface area contributed by atoms with Crippen molar-refractivity contribution in [1.29, 1.82) is 0 Å². The predicted octanol–water partition coefficient (Wildman–Crippen LogP) is 3.06. The third-order valence-corrected chi connectivity index (χ3v) is 4.91. The zero-order valence-corrected chi connectivity index (χ0v) is 17.0. The Labute approximate surface area is 182 Å². The number of hydrogen-bond acceptors (Lipinski definition) is 5. The molecule has 0 radical (unpaired) electrons. The van der Waals surface area contributed by atoms with Gasteiger partial charge in [-0.05, 0) is 48.0 Å². The molecule has 1 saturated heterocycles. The lowest BCUT2D eigenvalue weighted by Crippen LogP contribution is -2.25. The molecule has 8 nitrogen and oxygen atoms in total. The lowest BCUT2D eigenvalue weighted by atomic mass is 10.1. The molecule has 3 amide bonds. The Hall–Kier alpha value is -4.27. The molecule has 1 atom stereocenters. The van der Waals surface area contributed by atoms with Gasteiger partial charge in [0.1, 0.15) is 5.82 Å². The van der Waals surface area contributed by atoms with Crippen LogP contribution in [0.2, 0.25) is 0 Å². The third kappa shape index (κ3) is 4.72. The maximum Gasteiger partial charge on any atom is 0.414 e. The normalized spacial score (nSPS) is 15.6. The maximum atomic E-state index is 13.2. The highest BCUT2D eigenvalue weighted by Gasteiger charge is 2.31. The van der Waals surface area contributed by atoms with E-state index in [9.17, 15) is 18.8 Å². The van der Waals surface area contributed by atoms with E-state index in [0.717, 1.165) is 16.8 Å². The van der Waals surface area contributed by atoms with Gasteiger partial charge in [-0.1, -0.05) is 12.1 Å². The number of nitrogens with one attached hydrogen (secondary N) is 2. The molecule has 1 aliphatic heterocycles. The van der Waals surface area contributed by atoms with Crippen LogP contribution in [-0.4, -0.2) is 33.8 Å². The van der Waals surface area contributed by atoms with Gasteiger partial charge in [-0.25, -0.2) is 9.18 Å². The number of imide groups is 1. The number of rotatable bonds is 6. The highest BCUT2D eigenvalue weighted by Crippen LogP contribution is 2.24. The van der Waals surface area contributed by atoms with Gasteiger partial charge in [0.2, 0.25) is 5.91 Å². The first-order valence-corrected chi connectivity index (χ1v) is 9.76. The summed E-state index contributed by atoms with van der Waals surface area (Å²) < 4.78 is 19.8. The molecule has 1 aromatic heterocycles. The van der Waals surface area contributed by atoms with Crippen molar-refractivity contribution >= 4 is 29.7 Å². The van der Waals surface area contributed by atoms with Gasteiger partial charge >= 0.3 is 6.09 Å². The molecule has 1 unspecified atom stereocenters. The minimum atomic E-state index is -0.847. The Kier molecular flexibility index (Phi) is 5.80. The summed E-state index contributed by atoms with van der Waals surface area (Å²) in [6.45, 7) is 0. The number of aryl methyl sites for hydroxylation is 1. The number of carbonyl (C=O) groups is 3. The van der Waals surface area contributed by atoms with E-state index in [0.29, 0.717) is 11.3 Å². The molecule has 1 fully saturated rings. The fourth-order valence-electron chi connectivity index (χ4n) is 3.35. The van der Waals surface area contributed by atoms with Gasteiger partial charge in [-0.2, -0.15) is 5.10 Å². The average Bonchev–Trinajstić information content (AvgIpc) is 3.29. The number of benzene rings is 2. The topological polar surface area (TPSA) is 102 Å². The van der Waals surface area contributed by atoms with Gasteiger partial charge < -0.3 is 10.1 Å². The van der Waals surface area contributed by atoms with E-state index in [-0.39, 0.29) is 18.1 Å². The Balaban J connectivity index is 1.39. The van der Waals surface area contributed by atoms with Crippen LogP contribution >= 0.6 is 0 Å². The fourth-order valence-corrected chi connectivity index (χ4v) is 3.35. The van der Waals surface area contributed by atoms with Crippen molar-refractivity contribution in [1.82, 2.24) is 15.1 Å². The Morgan fingerprint density at radius 1 is 1.19 bits per heavy atom. The molecule has 1 aliphatic rings. The summed E-state index contributed by atoms with van der Waals surface area (Å²) in [5, 5.41) is 9.06. The first kappa shape index (κ1) is 21.0. The van der Waals surface area contributed by atoms with Crippen LogP contribution < -0.4 is 10.6 Å². The molecule has 3 aromatic rings. The minimum absolute atomic E-state index is 0.249. The van der Waals surface area contributed by atoms with E-state index >= 15 is 0 Å². The molecule has 32 heavy (non-hydrogen) atoms. The first-order chi connectivity index (χ1) is 15.4. The minimum Gasteiger partial charge on any atom is -0.435 e. The quantitative estimate of drug-likeness (QED) is 0.581. The third-order valence-electron chi connectivity index (χ3n) is 4.91. The standard InChI is InChI=1S/C23H19FN4O4/c1-28-21(15-4-7-17(24)8-5-15)16(13-25-28)6-11-20(29)26-18-9-2-14(3-10-18)12-19-22(30)27-23(31)32-19/h2-11,13,19H,12H2,1H3,(H,26,29)(H,27,30,31)/b11-6+. The summed E-state index contributed by atoms with van der Waals surface area (Å²) in [5.41, 5.74) is 3.61. The number of ether oxygens (including phenoxy) is 1. The van der Waals surface area contributed by atoms with E-state index in [4.69, 9.17) is 4.74 Å². The Bertz CT molecular complexity index is 1200. The lowest BCUT2D eigenvalue weighted by Gasteiger charge is -2.08. The largest absolute Gasteiger partial charge is 0.435 e. The number of amides is 3. The van der Waals surface area contributed by atoms with Crippen LogP contribution in [0.4, 0.5) is 14.9 Å². The van der Waals surface area contributed by atoms with Gasteiger partial charge in [0.15, 0.2) is 6.10 Å². The van der Waals surface area contributed by atoms with E-state index in [1.54, 1.807) is 60.4 Å². The van der Waals surface area contributed by atoms with Crippen molar-refractivity contribution in [3.05, 3.63) is 77.7 Å². The number of nitrogens with zero attached hydrogens (tertiary/aromatic N) is 2. The van der Waals surface area contributed by atoms with Gasteiger partial charge in [0.05, 0.1) is 11.9 Å². The smallest absolute Gasteiger partial charge is 0.414 e. The van der Waals surface area contributed by atoms with Crippen LogP contribution in [-0.2, 0) is 27.8 Å². The number of cyclic esters (lactones) is 1. The second-order valence-corrected chi connectivity index (χ2v) is 7.19. The van der Waals surface area contributed by atoms with E-state index in [1.165, 1.54) is 18.2 Å². The van der Waals surface area contributed by atoms with Gasteiger partial charge in [-0.3, -0.25) is 19.6 Å². The highest BCUT2D eigenvalue weighted by atomic mass is 19.1. The predicted molar refractivity (Wildman–Crippen MR) is 115 cm³/mol. The van der Waals surface area contributed by atoms with E-state index < -0.39 is 18.1 Å². The zero-order valence-electron chi connectivity index (χ0n) is 17.0. The second kappa shape index (κ2) is 8.84. The molecule has 162 valence electrons. The molecule has 0 aliphatic carbocycles. The molecular formula is C23H19FN4O4. The van der Waals surface area contributed by atoms with Crippen molar-refractivity contribution in [3.8, 4) is 11.3 Å². The van der Waals surface area contributed by atoms with Crippen molar-refractivity contribution in [3.63, 3.8) is 0 Å². The molecule has 2 aromatic carbocycles. The number of aromatic nitrogens is 2. The molecule has 4 rings (SSSR count). The maximum absolute atomic E-state index is 13.2. The Morgan fingerprint density at radius 3 is 2.56 bits per heavy atom. The lowest BCUT2D eigenvalue weighted by molar-refractivity contribution is -0.123. The molecule has 2 heterocycles. The van der Waals surface area contributed by atoms with Crippen LogP contribution in [0, 0.1) is 5.82 Å². The number of anilines is 1. The Morgan fingerprint density at radius 2 is 1.91 bits per heavy atom. The average molecular weight is 434 g/mol. The number of carbonyl (C=O) groups excluding carboxylic acids is 3.